The number of benzene rings is 2. The fourth-order valence-corrected chi connectivity index (χ4v) is 2.75. The Morgan fingerprint density at radius 3 is 2.28 bits per heavy atom. The highest BCUT2D eigenvalue weighted by atomic mass is 35.5. The Balaban J connectivity index is 0.00000162. The second-order valence-corrected chi connectivity index (χ2v) is 5.23. The summed E-state index contributed by atoms with van der Waals surface area (Å²) < 4.78 is 0. The molecule has 2 aromatic rings. The van der Waals surface area contributed by atoms with Crippen LogP contribution in [0.25, 0.3) is 0 Å². The lowest BCUT2D eigenvalue weighted by atomic mass is 10.1. The average molecular weight is 281 g/mol. The Kier molecular flexibility index (Phi) is 6.10. The first-order valence-electron chi connectivity index (χ1n) is 5.71. The Morgan fingerprint density at radius 2 is 1.61 bits per heavy atom. The molecule has 0 bridgehead atoms. The highest BCUT2D eigenvalue weighted by Crippen LogP contribution is 2.17. The normalized spacial score (nSPS) is 9.83. The third kappa shape index (κ3) is 4.28. The van der Waals surface area contributed by atoms with E-state index in [-0.39, 0.29) is 12.4 Å². The van der Waals surface area contributed by atoms with Crippen LogP contribution in [-0.4, -0.2) is 5.11 Å². The molecule has 0 aromatic heterocycles. The first-order valence-corrected chi connectivity index (χ1v) is 6.98. The lowest BCUT2D eigenvalue weighted by Crippen LogP contribution is -3.00. The molecule has 96 valence electrons. The SMILES string of the molecule is Cc1cc(C[SH+]Cc2ccccc2)ccc1O.[Cl-]. The zero-order chi connectivity index (χ0) is 12.1. The molecule has 0 unspecified atom stereocenters. The van der Waals surface area contributed by atoms with Gasteiger partial charge in [0.2, 0.25) is 0 Å². The van der Waals surface area contributed by atoms with Crippen LogP contribution in [0.5, 0.6) is 5.75 Å². The van der Waals surface area contributed by atoms with Gasteiger partial charge in [-0.2, -0.15) is 0 Å². The van der Waals surface area contributed by atoms with Crippen LogP contribution in [0.4, 0.5) is 0 Å². The van der Waals surface area contributed by atoms with E-state index in [1.54, 1.807) is 6.07 Å². The predicted molar refractivity (Wildman–Crippen MR) is 75.5 cm³/mol. The molecule has 0 aliphatic rings. The van der Waals surface area contributed by atoms with Gasteiger partial charge in [-0.3, -0.25) is 0 Å². The smallest absolute Gasteiger partial charge is 0.131 e. The summed E-state index contributed by atoms with van der Waals surface area (Å²) in [7, 11) is 0. The van der Waals surface area contributed by atoms with Crippen LogP contribution in [-0.2, 0) is 23.3 Å². The number of hydrogen-bond donors (Lipinski definition) is 1. The zero-order valence-corrected chi connectivity index (χ0v) is 12.0. The van der Waals surface area contributed by atoms with Crippen molar-refractivity contribution >= 4 is 11.8 Å². The fraction of sp³-hybridized carbons (Fsp3) is 0.200. The number of aromatic hydroxyl groups is 1. The molecule has 0 saturated heterocycles. The van der Waals surface area contributed by atoms with Crippen LogP contribution < -0.4 is 12.4 Å². The van der Waals surface area contributed by atoms with Crippen molar-refractivity contribution in [3.8, 4) is 5.75 Å². The Morgan fingerprint density at radius 1 is 0.944 bits per heavy atom. The van der Waals surface area contributed by atoms with E-state index in [1.807, 2.05) is 19.1 Å². The molecular formula is C15H17ClOS. The Labute approximate surface area is 119 Å². The molecule has 0 radical (unpaired) electrons. The number of phenols is 1. The van der Waals surface area contributed by atoms with Crippen molar-refractivity contribution in [3.63, 3.8) is 0 Å². The second-order valence-electron chi connectivity index (χ2n) is 4.15. The third-order valence-electron chi connectivity index (χ3n) is 2.69. The van der Waals surface area contributed by atoms with Crippen LogP contribution in [0.1, 0.15) is 16.7 Å². The minimum atomic E-state index is 0. The summed E-state index contributed by atoms with van der Waals surface area (Å²) >= 11 is 1.40. The van der Waals surface area contributed by atoms with E-state index in [2.05, 4.69) is 30.3 Å². The highest BCUT2D eigenvalue weighted by molar-refractivity contribution is 7.76. The van der Waals surface area contributed by atoms with Crippen molar-refractivity contribution in [2.45, 2.75) is 18.4 Å². The lowest BCUT2D eigenvalue weighted by Gasteiger charge is -2.00. The Bertz CT molecular complexity index is 485. The number of aryl methyl sites for hydroxylation is 1. The standard InChI is InChI=1S/C15H16OS.ClH/c1-12-9-14(7-8-15(12)16)11-17-10-13-5-3-2-4-6-13;/h2-9,16H,10-11H2,1H3;1H. The first-order chi connectivity index (χ1) is 8.25. The quantitative estimate of drug-likeness (QED) is 0.628. The van der Waals surface area contributed by atoms with Crippen molar-refractivity contribution < 1.29 is 17.5 Å². The van der Waals surface area contributed by atoms with Gasteiger partial charge >= 0.3 is 0 Å². The van der Waals surface area contributed by atoms with Gasteiger partial charge in [0.25, 0.3) is 0 Å². The molecule has 0 aliphatic carbocycles. The summed E-state index contributed by atoms with van der Waals surface area (Å²) in [6.45, 7) is 1.94. The van der Waals surface area contributed by atoms with Gasteiger partial charge in [0.1, 0.15) is 17.3 Å². The van der Waals surface area contributed by atoms with E-state index in [1.165, 1.54) is 22.9 Å². The maximum Gasteiger partial charge on any atom is 0.131 e. The van der Waals surface area contributed by atoms with Crippen LogP contribution in [0, 0.1) is 6.92 Å². The number of halogens is 1. The topological polar surface area (TPSA) is 20.2 Å². The number of thiol groups is 1. The van der Waals surface area contributed by atoms with Crippen molar-refractivity contribution in [3.05, 3.63) is 65.2 Å². The molecular weight excluding hydrogens is 264 g/mol. The van der Waals surface area contributed by atoms with Gasteiger partial charge in [-0.05, 0) is 36.4 Å². The zero-order valence-electron chi connectivity index (χ0n) is 10.3. The van der Waals surface area contributed by atoms with E-state index >= 15 is 0 Å². The molecule has 2 rings (SSSR count). The molecule has 0 amide bonds. The summed E-state index contributed by atoms with van der Waals surface area (Å²) in [5, 5.41) is 9.44. The van der Waals surface area contributed by atoms with Crippen molar-refractivity contribution in [2.75, 3.05) is 0 Å². The van der Waals surface area contributed by atoms with Gasteiger partial charge in [-0.15, -0.1) is 0 Å². The van der Waals surface area contributed by atoms with Crippen molar-refractivity contribution in [1.82, 2.24) is 0 Å². The minimum absolute atomic E-state index is 0. The minimum Gasteiger partial charge on any atom is -1.00 e. The molecule has 0 atom stereocenters. The maximum absolute atomic E-state index is 9.44. The summed E-state index contributed by atoms with van der Waals surface area (Å²) in [5.74, 6) is 2.50. The molecule has 2 aromatic carbocycles. The summed E-state index contributed by atoms with van der Waals surface area (Å²) in [6, 6.07) is 16.4. The Hall–Kier alpha value is -1.12. The van der Waals surface area contributed by atoms with Gasteiger partial charge in [0.15, 0.2) is 0 Å². The van der Waals surface area contributed by atoms with Gasteiger partial charge in [0.05, 0.1) is 0 Å². The van der Waals surface area contributed by atoms with Crippen LogP contribution in [0.15, 0.2) is 48.5 Å². The molecule has 3 heteroatoms. The molecule has 1 nitrogen and oxygen atoms in total. The van der Waals surface area contributed by atoms with Crippen LogP contribution in [0.2, 0.25) is 0 Å². The summed E-state index contributed by atoms with van der Waals surface area (Å²) in [4.78, 5) is 0. The molecule has 18 heavy (non-hydrogen) atoms. The highest BCUT2D eigenvalue weighted by Gasteiger charge is 2.04. The molecule has 1 N–H and O–H groups in total. The number of hydrogen-bond acceptors (Lipinski definition) is 1. The van der Waals surface area contributed by atoms with Crippen LogP contribution >= 0.6 is 0 Å². The van der Waals surface area contributed by atoms with E-state index in [4.69, 9.17) is 0 Å². The van der Waals surface area contributed by atoms with E-state index < -0.39 is 0 Å². The molecule has 0 fully saturated rings. The van der Waals surface area contributed by atoms with Gasteiger partial charge in [-0.1, -0.05) is 36.4 Å². The average Bonchev–Trinajstić information content (AvgIpc) is 2.35. The van der Waals surface area contributed by atoms with Gasteiger partial charge in [-0.25, -0.2) is 0 Å². The van der Waals surface area contributed by atoms with Crippen molar-refractivity contribution in [2.24, 2.45) is 0 Å². The predicted octanol–water partition coefficient (Wildman–Crippen LogP) is 0.220. The van der Waals surface area contributed by atoms with E-state index in [0.29, 0.717) is 5.75 Å². The summed E-state index contributed by atoms with van der Waals surface area (Å²) in [6.07, 6.45) is 0. The third-order valence-corrected chi connectivity index (χ3v) is 3.87. The molecule has 0 aliphatic heterocycles. The van der Waals surface area contributed by atoms with Gasteiger partial charge < -0.3 is 17.5 Å². The number of rotatable bonds is 4. The van der Waals surface area contributed by atoms with Crippen LogP contribution in [0.3, 0.4) is 0 Å². The number of phenolic OH excluding ortho intramolecular Hbond substituents is 1. The molecule has 0 heterocycles. The first kappa shape index (κ1) is 14.9. The van der Waals surface area contributed by atoms with E-state index in [0.717, 1.165) is 17.1 Å². The monoisotopic (exact) mass is 280 g/mol. The molecule has 0 spiro atoms. The van der Waals surface area contributed by atoms with Gasteiger partial charge in [0, 0.05) is 11.1 Å². The largest absolute Gasteiger partial charge is 1.00 e. The lowest BCUT2D eigenvalue weighted by molar-refractivity contribution is -0.00000447. The second kappa shape index (κ2) is 7.34. The maximum atomic E-state index is 9.44. The van der Waals surface area contributed by atoms with Crippen molar-refractivity contribution in [1.29, 1.82) is 0 Å². The van der Waals surface area contributed by atoms with E-state index in [9.17, 15) is 5.11 Å². The fourth-order valence-electron chi connectivity index (χ4n) is 1.71. The summed E-state index contributed by atoms with van der Waals surface area (Å²) in [5.41, 5.74) is 3.62. The molecule has 0 saturated carbocycles.